The molecule has 0 saturated heterocycles. The summed E-state index contributed by atoms with van der Waals surface area (Å²) in [5.74, 6) is 0.502. The van der Waals surface area contributed by atoms with Gasteiger partial charge in [0.05, 0.1) is 0 Å². The molecule has 0 bridgehead atoms. The molecule has 1 unspecified atom stereocenters. The summed E-state index contributed by atoms with van der Waals surface area (Å²) in [6, 6.07) is 5.32. The van der Waals surface area contributed by atoms with Crippen molar-refractivity contribution in [1.82, 2.24) is 0 Å². The third kappa shape index (κ3) is 2.83. The summed E-state index contributed by atoms with van der Waals surface area (Å²) in [7, 11) is 0. The maximum atomic E-state index is 13.3. The highest BCUT2D eigenvalue weighted by Crippen LogP contribution is 2.16. The van der Waals surface area contributed by atoms with E-state index < -0.39 is 0 Å². The van der Waals surface area contributed by atoms with Gasteiger partial charge in [-0.1, -0.05) is 38.0 Å². The molecule has 0 N–H and O–H groups in total. The SMILES string of the molecule is CCC(C)Cc1cc(C)ccc1F. The van der Waals surface area contributed by atoms with Crippen LogP contribution in [0.2, 0.25) is 0 Å². The van der Waals surface area contributed by atoms with Gasteiger partial charge in [-0.3, -0.25) is 0 Å². The molecule has 0 aliphatic heterocycles. The van der Waals surface area contributed by atoms with Crippen molar-refractivity contribution < 1.29 is 4.39 Å². The molecular weight excluding hydrogens is 163 g/mol. The molecule has 0 saturated carbocycles. The fourth-order valence-corrected chi connectivity index (χ4v) is 1.38. The first-order chi connectivity index (χ1) is 6.13. The van der Waals surface area contributed by atoms with E-state index in [2.05, 4.69) is 13.8 Å². The van der Waals surface area contributed by atoms with Gasteiger partial charge in [0.25, 0.3) is 0 Å². The third-order valence-electron chi connectivity index (χ3n) is 2.47. The van der Waals surface area contributed by atoms with Gasteiger partial charge in [0, 0.05) is 0 Å². The van der Waals surface area contributed by atoms with Crippen LogP contribution in [0.3, 0.4) is 0 Å². The normalized spacial score (nSPS) is 12.9. The second kappa shape index (κ2) is 4.40. The second-order valence-corrected chi connectivity index (χ2v) is 3.81. The summed E-state index contributed by atoms with van der Waals surface area (Å²) in [4.78, 5) is 0. The summed E-state index contributed by atoms with van der Waals surface area (Å²) in [5, 5.41) is 0. The van der Waals surface area contributed by atoms with Crippen molar-refractivity contribution in [3.63, 3.8) is 0 Å². The van der Waals surface area contributed by atoms with Gasteiger partial charge >= 0.3 is 0 Å². The molecule has 1 atom stereocenters. The molecule has 1 aromatic carbocycles. The van der Waals surface area contributed by atoms with Crippen molar-refractivity contribution in [2.75, 3.05) is 0 Å². The van der Waals surface area contributed by atoms with Gasteiger partial charge in [-0.15, -0.1) is 0 Å². The van der Waals surface area contributed by atoms with Gasteiger partial charge in [0.15, 0.2) is 0 Å². The maximum absolute atomic E-state index is 13.3. The molecule has 13 heavy (non-hydrogen) atoms. The monoisotopic (exact) mass is 180 g/mol. The molecule has 0 nitrogen and oxygen atoms in total. The quantitative estimate of drug-likeness (QED) is 0.665. The molecule has 0 spiro atoms. The molecule has 0 aliphatic carbocycles. The van der Waals surface area contributed by atoms with Gasteiger partial charge in [-0.2, -0.15) is 0 Å². The Morgan fingerprint density at radius 2 is 2.08 bits per heavy atom. The Balaban J connectivity index is 2.81. The number of hydrogen-bond donors (Lipinski definition) is 0. The van der Waals surface area contributed by atoms with E-state index in [4.69, 9.17) is 0 Å². The van der Waals surface area contributed by atoms with E-state index >= 15 is 0 Å². The second-order valence-electron chi connectivity index (χ2n) is 3.81. The first-order valence-electron chi connectivity index (χ1n) is 4.88. The molecule has 1 heteroatoms. The van der Waals surface area contributed by atoms with Crippen molar-refractivity contribution >= 4 is 0 Å². The van der Waals surface area contributed by atoms with Crippen molar-refractivity contribution in [3.05, 3.63) is 35.1 Å². The Bertz CT molecular complexity index is 278. The summed E-state index contributed by atoms with van der Waals surface area (Å²) < 4.78 is 13.3. The van der Waals surface area contributed by atoms with Crippen LogP contribution in [0.15, 0.2) is 18.2 Å². The lowest BCUT2D eigenvalue weighted by atomic mass is 9.97. The number of halogens is 1. The van der Waals surface area contributed by atoms with Gasteiger partial charge in [0.1, 0.15) is 5.82 Å². The minimum absolute atomic E-state index is 0.0640. The highest BCUT2D eigenvalue weighted by Gasteiger charge is 2.06. The number of benzene rings is 1. The minimum atomic E-state index is -0.0640. The van der Waals surface area contributed by atoms with Gasteiger partial charge in [-0.25, -0.2) is 4.39 Å². The van der Waals surface area contributed by atoms with Crippen LogP contribution in [0, 0.1) is 18.7 Å². The first kappa shape index (κ1) is 10.2. The van der Waals surface area contributed by atoms with Crippen LogP contribution in [0.25, 0.3) is 0 Å². The Morgan fingerprint density at radius 3 is 2.69 bits per heavy atom. The van der Waals surface area contributed by atoms with E-state index in [1.54, 1.807) is 6.07 Å². The summed E-state index contributed by atoms with van der Waals surface area (Å²) in [6.45, 7) is 6.29. The Labute approximate surface area is 79.8 Å². The minimum Gasteiger partial charge on any atom is -0.207 e. The highest BCUT2D eigenvalue weighted by atomic mass is 19.1. The fraction of sp³-hybridized carbons (Fsp3) is 0.500. The average Bonchev–Trinajstić information content (AvgIpc) is 2.11. The zero-order valence-electron chi connectivity index (χ0n) is 8.60. The third-order valence-corrected chi connectivity index (χ3v) is 2.47. The van der Waals surface area contributed by atoms with E-state index in [0.29, 0.717) is 5.92 Å². The van der Waals surface area contributed by atoms with Gasteiger partial charge < -0.3 is 0 Å². The topological polar surface area (TPSA) is 0 Å². The van der Waals surface area contributed by atoms with E-state index in [1.807, 2.05) is 19.1 Å². The number of rotatable bonds is 3. The Kier molecular flexibility index (Phi) is 3.47. The fourth-order valence-electron chi connectivity index (χ4n) is 1.38. The van der Waals surface area contributed by atoms with Crippen LogP contribution < -0.4 is 0 Å². The molecule has 1 rings (SSSR count). The Hall–Kier alpha value is -0.850. The van der Waals surface area contributed by atoms with Crippen molar-refractivity contribution in [2.24, 2.45) is 5.92 Å². The predicted molar refractivity (Wildman–Crippen MR) is 54.3 cm³/mol. The maximum Gasteiger partial charge on any atom is 0.126 e. The van der Waals surface area contributed by atoms with E-state index in [1.165, 1.54) is 0 Å². The van der Waals surface area contributed by atoms with Crippen molar-refractivity contribution in [3.8, 4) is 0 Å². The summed E-state index contributed by atoms with van der Waals surface area (Å²) >= 11 is 0. The first-order valence-corrected chi connectivity index (χ1v) is 4.88. The van der Waals surface area contributed by atoms with Crippen molar-refractivity contribution in [1.29, 1.82) is 0 Å². The zero-order chi connectivity index (χ0) is 9.84. The molecule has 1 aromatic rings. The summed E-state index contributed by atoms with van der Waals surface area (Å²) in [6.07, 6.45) is 1.96. The van der Waals surface area contributed by atoms with Crippen LogP contribution >= 0.6 is 0 Å². The highest BCUT2D eigenvalue weighted by molar-refractivity contribution is 5.24. The van der Waals surface area contributed by atoms with Crippen LogP contribution in [0.5, 0.6) is 0 Å². The van der Waals surface area contributed by atoms with Crippen LogP contribution in [-0.4, -0.2) is 0 Å². The molecule has 0 aromatic heterocycles. The molecule has 0 aliphatic rings. The standard InChI is InChI=1S/C12H17F/c1-4-9(2)7-11-8-10(3)5-6-12(11)13/h5-6,8-9H,4,7H2,1-3H3. The van der Waals surface area contributed by atoms with E-state index in [9.17, 15) is 4.39 Å². The molecule has 0 amide bonds. The van der Waals surface area contributed by atoms with Gasteiger partial charge in [0.2, 0.25) is 0 Å². The zero-order valence-corrected chi connectivity index (χ0v) is 8.60. The van der Waals surface area contributed by atoms with Crippen LogP contribution in [-0.2, 0) is 6.42 Å². The smallest absolute Gasteiger partial charge is 0.126 e. The lowest BCUT2D eigenvalue weighted by molar-refractivity contribution is 0.531. The molecule has 0 radical (unpaired) electrons. The average molecular weight is 180 g/mol. The molecule has 72 valence electrons. The van der Waals surface area contributed by atoms with Crippen LogP contribution in [0.1, 0.15) is 31.4 Å². The van der Waals surface area contributed by atoms with Crippen LogP contribution in [0.4, 0.5) is 4.39 Å². The largest absolute Gasteiger partial charge is 0.207 e. The lowest BCUT2D eigenvalue weighted by Gasteiger charge is -2.09. The lowest BCUT2D eigenvalue weighted by Crippen LogP contribution is -2.00. The number of aryl methyl sites for hydroxylation is 1. The van der Waals surface area contributed by atoms with Gasteiger partial charge in [-0.05, 0) is 30.9 Å². The summed E-state index contributed by atoms with van der Waals surface area (Å²) in [5.41, 5.74) is 1.99. The van der Waals surface area contributed by atoms with Crippen molar-refractivity contribution in [2.45, 2.75) is 33.6 Å². The number of hydrogen-bond acceptors (Lipinski definition) is 0. The predicted octanol–water partition coefficient (Wildman–Crippen LogP) is 3.72. The van der Waals surface area contributed by atoms with E-state index in [0.717, 1.165) is 24.0 Å². The molecule has 0 heterocycles. The molecule has 0 fully saturated rings. The molecular formula is C12H17F. The Morgan fingerprint density at radius 1 is 1.38 bits per heavy atom. The van der Waals surface area contributed by atoms with E-state index in [-0.39, 0.29) is 5.82 Å².